The van der Waals surface area contributed by atoms with E-state index >= 15 is 0 Å². The Kier molecular flexibility index (Phi) is 5.88. The molecule has 1 aliphatic heterocycles. The highest BCUT2D eigenvalue weighted by molar-refractivity contribution is 6.32. The van der Waals surface area contributed by atoms with Crippen LogP contribution in [0.15, 0.2) is 42.9 Å². The number of hydrogen-bond acceptors (Lipinski definition) is 7. The maximum absolute atomic E-state index is 11.8. The van der Waals surface area contributed by atoms with Crippen molar-refractivity contribution in [1.82, 2.24) is 15.0 Å². The number of aromatic nitrogens is 3. The lowest BCUT2D eigenvalue weighted by Crippen LogP contribution is -2.39. The minimum atomic E-state index is -1.00. The van der Waals surface area contributed by atoms with Crippen LogP contribution in [-0.2, 0) is 17.6 Å². The molecule has 0 saturated carbocycles. The van der Waals surface area contributed by atoms with Gasteiger partial charge in [-0.15, -0.1) is 0 Å². The number of carbonyl (C=O) groups is 1. The fourth-order valence-corrected chi connectivity index (χ4v) is 3.58. The molecule has 1 atom stereocenters. The second kappa shape index (κ2) is 8.63. The Hall–Kier alpha value is -3.39. The van der Waals surface area contributed by atoms with Gasteiger partial charge in [0.1, 0.15) is 10.8 Å². The van der Waals surface area contributed by atoms with Crippen LogP contribution in [0.4, 0.5) is 23.1 Å². The van der Waals surface area contributed by atoms with Crippen molar-refractivity contribution in [3.63, 3.8) is 0 Å². The van der Waals surface area contributed by atoms with Crippen LogP contribution in [0.3, 0.4) is 0 Å². The van der Waals surface area contributed by atoms with E-state index in [1.807, 2.05) is 39.0 Å². The van der Waals surface area contributed by atoms with Gasteiger partial charge >= 0.3 is 5.97 Å². The number of pyridine rings is 1. The number of anilines is 4. The molecule has 0 amide bonds. The number of ether oxygens (including phenoxy) is 1. The quantitative estimate of drug-likeness (QED) is 0.509. The molecule has 9 heteroatoms. The summed E-state index contributed by atoms with van der Waals surface area (Å²) in [4.78, 5) is 24.9. The molecule has 32 heavy (non-hydrogen) atoms. The average molecular weight is 454 g/mol. The standard InChI is InChI=1S/C23H24ClN5O3/c1-23(2,3)19(21(30)31)32-18-7-6-15-9-14(18)5-4-13-8-16(11-25-10-13)28-22-26-12-17(24)20(27-15)29-22/h6-12,19H,4-5H2,1-3H3,(H,30,31)(H2,26,27,28,29). The number of carboxylic acids is 1. The van der Waals surface area contributed by atoms with Gasteiger partial charge in [0.25, 0.3) is 0 Å². The molecular formula is C23H24ClN5O3. The number of nitrogens with zero attached hydrogens (tertiary/aromatic N) is 3. The lowest BCUT2D eigenvalue weighted by Gasteiger charge is -2.28. The Bertz CT molecular complexity index is 1160. The van der Waals surface area contributed by atoms with Gasteiger partial charge in [0, 0.05) is 17.3 Å². The minimum Gasteiger partial charge on any atom is -0.478 e. The van der Waals surface area contributed by atoms with E-state index in [9.17, 15) is 9.90 Å². The molecular weight excluding hydrogens is 430 g/mol. The third-order valence-corrected chi connectivity index (χ3v) is 5.33. The molecule has 0 saturated heterocycles. The van der Waals surface area contributed by atoms with Crippen molar-refractivity contribution in [2.24, 2.45) is 5.41 Å². The molecule has 3 heterocycles. The maximum Gasteiger partial charge on any atom is 0.345 e. The first kappa shape index (κ1) is 21.8. The minimum absolute atomic E-state index is 0.373. The van der Waals surface area contributed by atoms with Gasteiger partial charge in [-0.05, 0) is 48.2 Å². The smallest absolute Gasteiger partial charge is 0.345 e. The lowest BCUT2D eigenvalue weighted by molar-refractivity contribution is -0.150. The molecule has 0 fully saturated rings. The van der Waals surface area contributed by atoms with Gasteiger partial charge in [-0.3, -0.25) is 4.98 Å². The molecule has 6 bridgehead atoms. The first-order valence-corrected chi connectivity index (χ1v) is 10.6. The maximum atomic E-state index is 11.8. The highest BCUT2D eigenvalue weighted by atomic mass is 35.5. The number of aliphatic carboxylic acids is 1. The van der Waals surface area contributed by atoms with E-state index in [0.717, 1.165) is 22.5 Å². The predicted molar refractivity (Wildman–Crippen MR) is 123 cm³/mol. The molecule has 3 aromatic rings. The molecule has 0 radical (unpaired) electrons. The largest absolute Gasteiger partial charge is 0.478 e. The van der Waals surface area contributed by atoms with Crippen LogP contribution in [0.5, 0.6) is 5.75 Å². The van der Waals surface area contributed by atoms with Gasteiger partial charge in [-0.1, -0.05) is 32.4 Å². The van der Waals surface area contributed by atoms with E-state index < -0.39 is 17.5 Å². The summed E-state index contributed by atoms with van der Waals surface area (Å²) in [5, 5.41) is 16.4. The normalized spacial score (nSPS) is 14.0. The second-order valence-corrected chi connectivity index (χ2v) is 9.15. The van der Waals surface area contributed by atoms with Crippen molar-refractivity contribution >= 4 is 40.7 Å². The highest BCUT2D eigenvalue weighted by Crippen LogP contribution is 2.32. The van der Waals surface area contributed by atoms with Crippen molar-refractivity contribution in [1.29, 1.82) is 0 Å². The van der Waals surface area contributed by atoms with Crippen LogP contribution >= 0.6 is 11.6 Å². The van der Waals surface area contributed by atoms with Crippen molar-refractivity contribution in [2.45, 2.75) is 39.7 Å². The van der Waals surface area contributed by atoms with Gasteiger partial charge in [0.05, 0.1) is 18.1 Å². The zero-order valence-electron chi connectivity index (χ0n) is 18.0. The van der Waals surface area contributed by atoms with Gasteiger partial charge in [0.2, 0.25) is 5.95 Å². The van der Waals surface area contributed by atoms with Crippen LogP contribution in [0.1, 0.15) is 31.9 Å². The van der Waals surface area contributed by atoms with E-state index in [0.29, 0.717) is 35.4 Å². The summed E-state index contributed by atoms with van der Waals surface area (Å²) < 4.78 is 6.02. The van der Waals surface area contributed by atoms with Gasteiger partial charge in [-0.25, -0.2) is 9.78 Å². The Morgan fingerprint density at radius 1 is 1.12 bits per heavy atom. The zero-order chi connectivity index (χ0) is 22.9. The number of hydrogen-bond donors (Lipinski definition) is 3. The van der Waals surface area contributed by atoms with Crippen LogP contribution in [0.25, 0.3) is 0 Å². The summed E-state index contributed by atoms with van der Waals surface area (Å²) in [6.07, 6.45) is 5.35. The molecule has 1 aromatic carbocycles. The molecule has 1 unspecified atom stereocenters. The molecule has 4 rings (SSSR count). The van der Waals surface area contributed by atoms with Crippen molar-refractivity contribution < 1.29 is 14.6 Å². The first-order valence-electron chi connectivity index (χ1n) is 10.2. The van der Waals surface area contributed by atoms with E-state index in [1.165, 1.54) is 6.20 Å². The second-order valence-electron chi connectivity index (χ2n) is 8.75. The molecule has 8 nitrogen and oxygen atoms in total. The number of benzene rings is 1. The summed E-state index contributed by atoms with van der Waals surface area (Å²) >= 11 is 6.30. The summed E-state index contributed by atoms with van der Waals surface area (Å²) in [6.45, 7) is 5.53. The fraction of sp³-hybridized carbons (Fsp3) is 0.304. The van der Waals surface area contributed by atoms with Crippen LogP contribution in [0, 0.1) is 5.41 Å². The fourth-order valence-electron chi connectivity index (χ4n) is 3.44. The number of fused-ring (bicyclic) bond motifs is 6. The Balaban J connectivity index is 1.77. The third-order valence-electron chi connectivity index (χ3n) is 5.06. The van der Waals surface area contributed by atoms with E-state index in [4.69, 9.17) is 16.3 Å². The predicted octanol–water partition coefficient (Wildman–Crippen LogP) is 4.99. The summed E-state index contributed by atoms with van der Waals surface area (Å²) in [5.74, 6) is 0.374. The van der Waals surface area contributed by atoms with Gasteiger partial charge in [0.15, 0.2) is 11.9 Å². The van der Waals surface area contributed by atoms with Crippen LogP contribution in [0.2, 0.25) is 5.02 Å². The van der Waals surface area contributed by atoms with Crippen molar-refractivity contribution in [2.75, 3.05) is 10.6 Å². The van der Waals surface area contributed by atoms with Crippen LogP contribution in [-0.4, -0.2) is 32.1 Å². The first-order chi connectivity index (χ1) is 15.2. The Morgan fingerprint density at radius 3 is 2.69 bits per heavy atom. The summed E-state index contributed by atoms with van der Waals surface area (Å²) in [5.41, 5.74) is 2.82. The topological polar surface area (TPSA) is 109 Å². The molecule has 1 aliphatic rings. The number of nitrogens with one attached hydrogen (secondary N) is 2. The lowest BCUT2D eigenvalue weighted by atomic mass is 9.89. The van der Waals surface area contributed by atoms with Crippen molar-refractivity contribution in [3.8, 4) is 5.75 Å². The van der Waals surface area contributed by atoms with E-state index in [1.54, 1.807) is 18.5 Å². The molecule has 0 aliphatic carbocycles. The van der Waals surface area contributed by atoms with Crippen LogP contribution < -0.4 is 15.4 Å². The van der Waals surface area contributed by atoms with Crippen molar-refractivity contribution in [3.05, 3.63) is 59.0 Å². The zero-order valence-corrected chi connectivity index (χ0v) is 18.8. The summed E-state index contributed by atoms with van der Waals surface area (Å²) in [6, 6.07) is 7.50. The Morgan fingerprint density at radius 2 is 1.94 bits per heavy atom. The monoisotopic (exact) mass is 453 g/mol. The summed E-state index contributed by atoms with van der Waals surface area (Å²) in [7, 11) is 0. The molecule has 2 aromatic heterocycles. The molecule has 3 N–H and O–H groups in total. The van der Waals surface area contributed by atoms with Gasteiger partial charge in [-0.2, -0.15) is 4.98 Å². The number of aryl methyl sites for hydroxylation is 2. The van der Waals surface area contributed by atoms with E-state index in [-0.39, 0.29) is 0 Å². The highest BCUT2D eigenvalue weighted by Gasteiger charge is 2.34. The molecule has 166 valence electrons. The third kappa shape index (κ3) is 4.91. The SMILES string of the molecule is CC(C)(C)C(Oc1ccc2cc1CCc1cncc(c1)Nc1ncc(Cl)c(n1)N2)C(=O)O. The van der Waals surface area contributed by atoms with Gasteiger partial charge < -0.3 is 20.5 Å². The number of halogens is 1. The Labute approximate surface area is 191 Å². The average Bonchev–Trinajstić information content (AvgIpc) is 2.73. The molecule has 0 spiro atoms. The van der Waals surface area contributed by atoms with E-state index in [2.05, 4.69) is 25.6 Å². The number of carboxylic acid groups (broad SMARTS) is 1. The number of rotatable bonds is 3.